The Morgan fingerprint density at radius 2 is 2.00 bits per heavy atom. The molecule has 0 atom stereocenters. The summed E-state index contributed by atoms with van der Waals surface area (Å²) in [7, 11) is 0. The van der Waals surface area contributed by atoms with E-state index in [-0.39, 0.29) is 36.0 Å². The maximum absolute atomic E-state index is 12.8. The molecule has 11 nitrogen and oxygen atoms in total. The van der Waals surface area contributed by atoms with Crippen LogP contribution >= 0.6 is 15.9 Å². The first kappa shape index (κ1) is 20.5. The molecular formula is C19H15BrN6O5. The minimum Gasteiger partial charge on any atom is -0.444 e. The molecule has 12 heteroatoms. The van der Waals surface area contributed by atoms with E-state index in [9.17, 15) is 19.7 Å². The van der Waals surface area contributed by atoms with Crippen LogP contribution < -0.4 is 10.9 Å². The molecule has 1 aromatic carbocycles. The first-order chi connectivity index (χ1) is 14.9. The Bertz CT molecular complexity index is 1320. The molecule has 0 saturated carbocycles. The standard InChI is InChI=1S/C19H15BrN6O5/c20-16-6-5-15(31-16)18(27)21-7-8-25-17-14(9-23-25)19(28)24(11-22-17)10-12-1-3-13(4-2-12)26(29)30/h1-6,9,11H,7-8,10H2,(H,21,27). The lowest BCUT2D eigenvalue weighted by molar-refractivity contribution is -0.384. The fraction of sp³-hybridized carbons (Fsp3) is 0.158. The number of hydrogen-bond acceptors (Lipinski definition) is 7. The normalized spacial score (nSPS) is 11.0. The van der Waals surface area contributed by atoms with Gasteiger partial charge >= 0.3 is 0 Å². The van der Waals surface area contributed by atoms with E-state index >= 15 is 0 Å². The van der Waals surface area contributed by atoms with Gasteiger partial charge in [0.25, 0.3) is 17.2 Å². The van der Waals surface area contributed by atoms with E-state index < -0.39 is 4.92 Å². The summed E-state index contributed by atoms with van der Waals surface area (Å²) >= 11 is 3.14. The Kier molecular flexibility index (Phi) is 5.62. The highest BCUT2D eigenvalue weighted by Gasteiger charge is 2.13. The maximum atomic E-state index is 12.8. The van der Waals surface area contributed by atoms with Gasteiger partial charge in [-0.1, -0.05) is 12.1 Å². The van der Waals surface area contributed by atoms with Crippen LogP contribution in [0, 0.1) is 10.1 Å². The number of hydrogen-bond donors (Lipinski definition) is 1. The van der Waals surface area contributed by atoms with E-state index in [1.165, 1.54) is 33.9 Å². The minimum atomic E-state index is -0.478. The highest BCUT2D eigenvalue weighted by atomic mass is 79.9. The summed E-state index contributed by atoms with van der Waals surface area (Å²) in [5, 5.41) is 18.0. The second-order valence-corrected chi connectivity index (χ2v) is 7.35. The Morgan fingerprint density at radius 1 is 1.23 bits per heavy atom. The largest absolute Gasteiger partial charge is 0.444 e. The van der Waals surface area contributed by atoms with Crippen LogP contribution in [0.4, 0.5) is 5.69 Å². The van der Waals surface area contributed by atoms with Crippen molar-refractivity contribution in [1.29, 1.82) is 0 Å². The Morgan fingerprint density at radius 3 is 2.68 bits per heavy atom. The van der Waals surface area contributed by atoms with Crippen molar-refractivity contribution >= 4 is 38.6 Å². The van der Waals surface area contributed by atoms with E-state index in [0.717, 1.165) is 5.56 Å². The summed E-state index contributed by atoms with van der Waals surface area (Å²) in [6, 6.07) is 9.15. The molecule has 0 unspecified atom stereocenters. The van der Waals surface area contributed by atoms with Crippen LogP contribution in [0.15, 0.2) is 62.8 Å². The maximum Gasteiger partial charge on any atom is 0.287 e. The van der Waals surface area contributed by atoms with E-state index in [0.29, 0.717) is 22.2 Å². The SMILES string of the molecule is O=C(NCCn1ncc2c(=O)n(Cc3ccc([N+](=O)[O-])cc3)cnc21)c1ccc(Br)o1. The molecule has 3 heterocycles. The van der Waals surface area contributed by atoms with Crippen molar-refractivity contribution in [3.8, 4) is 0 Å². The molecular weight excluding hydrogens is 472 g/mol. The van der Waals surface area contributed by atoms with Crippen molar-refractivity contribution < 1.29 is 14.1 Å². The lowest BCUT2D eigenvalue weighted by Crippen LogP contribution is -2.27. The second kappa shape index (κ2) is 8.52. The van der Waals surface area contributed by atoms with Crippen LogP contribution in [0.25, 0.3) is 11.0 Å². The molecule has 1 N–H and O–H groups in total. The van der Waals surface area contributed by atoms with Gasteiger partial charge in [-0.15, -0.1) is 0 Å². The number of aromatic nitrogens is 4. The van der Waals surface area contributed by atoms with Crippen molar-refractivity contribution in [3.63, 3.8) is 0 Å². The van der Waals surface area contributed by atoms with Crippen molar-refractivity contribution in [2.75, 3.05) is 6.54 Å². The number of benzene rings is 1. The van der Waals surface area contributed by atoms with Gasteiger partial charge < -0.3 is 9.73 Å². The zero-order chi connectivity index (χ0) is 22.0. The number of amides is 1. The van der Waals surface area contributed by atoms with Gasteiger partial charge in [0.05, 0.1) is 24.2 Å². The lowest BCUT2D eigenvalue weighted by atomic mass is 10.2. The average Bonchev–Trinajstić information content (AvgIpc) is 3.37. The lowest BCUT2D eigenvalue weighted by Gasteiger charge is -2.07. The van der Waals surface area contributed by atoms with E-state index in [2.05, 4.69) is 31.3 Å². The van der Waals surface area contributed by atoms with Gasteiger partial charge in [0.2, 0.25) is 0 Å². The van der Waals surface area contributed by atoms with Crippen molar-refractivity contribution in [3.05, 3.63) is 85.4 Å². The fourth-order valence-electron chi connectivity index (χ4n) is 2.99. The van der Waals surface area contributed by atoms with E-state index in [4.69, 9.17) is 4.42 Å². The third kappa shape index (κ3) is 4.38. The van der Waals surface area contributed by atoms with Crippen molar-refractivity contribution in [1.82, 2.24) is 24.6 Å². The number of nitro benzene ring substituents is 1. The molecule has 0 aliphatic carbocycles. The highest BCUT2D eigenvalue weighted by Crippen LogP contribution is 2.14. The van der Waals surface area contributed by atoms with Gasteiger partial charge in [-0.3, -0.25) is 24.3 Å². The van der Waals surface area contributed by atoms with Crippen LogP contribution in [-0.4, -0.2) is 36.7 Å². The molecule has 1 amide bonds. The fourth-order valence-corrected chi connectivity index (χ4v) is 3.30. The summed E-state index contributed by atoms with van der Waals surface area (Å²) in [5.41, 5.74) is 0.838. The Hall–Kier alpha value is -3.80. The monoisotopic (exact) mass is 486 g/mol. The first-order valence-electron chi connectivity index (χ1n) is 9.10. The molecule has 0 spiro atoms. The molecule has 4 rings (SSSR count). The quantitative estimate of drug-likeness (QED) is 0.312. The third-order valence-electron chi connectivity index (χ3n) is 4.53. The van der Waals surface area contributed by atoms with Crippen LogP contribution in [0.5, 0.6) is 0 Å². The van der Waals surface area contributed by atoms with Gasteiger partial charge in [-0.2, -0.15) is 5.10 Å². The number of rotatable bonds is 7. The summed E-state index contributed by atoms with van der Waals surface area (Å²) in [4.78, 5) is 39.4. The molecule has 31 heavy (non-hydrogen) atoms. The number of nitrogens with zero attached hydrogens (tertiary/aromatic N) is 5. The Labute approximate surface area is 182 Å². The van der Waals surface area contributed by atoms with E-state index in [1.54, 1.807) is 24.3 Å². The van der Waals surface area contributed by atoms with Gasteiger partial charge in [0, 0.05) is 18.7 Å². The predicted octanol–water partition coefficient (Wildman–Crippen LogP) is 2.33. The van der Waals surface area contributed by atoms with Gasteiger partial charge in [-0.05, 0) is 33.6 Å². The van der Waals surface area contributed by atoms with Gasteiger partial charge in [0.15, 0.2) is 16.1 Å². The number of carbonyl (C=O) groups excluding carboxylic acids is 1. The molecule has 158 valence electrons. The summed E-state index contributed by atoms with van der Waals surface area (Å²) in [6.07, 6.45) is 2.84. The smallest absolute Gasteiger partial charge is 0.287 e. The van der Waals surface area contributed by atoms with E-state index in [1.807, 2.05) is 0 Å². The van der Waals surface area contributed by atoms with Crippen molar-refractivity contribution in [2.45, 2.75) is 13.1 Å². The van der Waals surface area contributed by atoms with Gasteiger partial charge in [-0.25, -0.2) is 9.67 Å². The number of fused-ring (bicyclic) bond motifs is 1. The average molecular weight is 487 g/mol. The number of carbonyl (C=O) groups is 1. The number of furan rings is 1. The first-order valence-corrected chi connectivity index (χ1v) is 9.89. The zero-order valence-electron chi connectivity index (χ0n) is 15.9. The minimum absolute atomic E-state index is 0.0160. The number of nitro groups is 1. The predicted molar refractivity (Wildman–Crippen MR) is 113 cm³/mol. The third-order valence-corrected chi connectivity index (χ3v) is 4.95. The molecule has 0 bridgehead atoms. The van der Waals surface area contributed by atoms with Crippen LogP contribution in [-0.2, 0) is 13.1 Å². The molecule has 4 aromatic rings. The Balaban J connectivity index is 1.45. The van der Waals surface area contributed by atoms with Crippen LogP contribution in [0.1, 0.15) is 16.1 Å². The molecule has 0 aliphatic rings. The van der Waals surface area contributed by atoms with Crippen molar-refractivity contribution in [2.24, 2.45) is 0 Å². The van der Waals surface area contributed by atoms with Crippen LogP contribution in [0.3, 0.4) is 0 Å². The van der Waals surface area contributed by atoms with Gasteiger partial charge in [0.1, 0.15) is 11.7 Å². The molecule has 3 aromatic heterocycles. The number of non-ortho nitro benzene ring substituents is 1. The number of halogens is 1. The summed E-state index contributed by atoms with van der Waals surface area (Å²) in [6.45, 7) is 0.803. The zero-order valence-corrected chi connectivity index (χ0v) is 17.5. The molecule has 0 radical (unpaired) electrons. The molecule has 0 aliphatic heterocycles. The topological polar surface area (TPSA) is 138 Å². The summed E-state index contributed by atoms with van der Waals surface area (Å²) < 4.78 is 8.60. The second-order valence-electron chi connectivity index (χ2n) is 6.57. The number of nitrogens with one attached hydrogen (secondary N) is 1. The highest BCUT2D eigenvalue weighted by molar-refractivity contribution is 9.10. The molecule has 0 saturated heterocycles. The molecule has 0 fully saturated rings. The van der Waals surface area contributed by atoms with Crippen LogP contribution in [0.2, 0.25) is 0 Å². The summed E-state index contributed by atoms with van der Waals surface area (Å²) in [5.74, 6) is -0.176.